The molecule has 14 heavy (non-hydrogen) atoms. The van der Waals surface area contributed by atoms with Gasteiger partial charge in [0, 0.05) is 11.4 Å². The molecule has 2 aliphatic heterocycles. The fraction of sp³-hybridized carbons (Fsp3) is 0.200. The number of amidine groups is 1. The van der Waals surface area contributed by atoms with Crippen LogP contribution in [0, 0.1) is 0 Å². The summed E-state index contributed by atoms with van der Waals surface area (Å²) in [4.78, 5) is 6.58. The maximum Gasteiger partial charge on any atom is 0.152 e. The van der Waals surface area contributed by atoms with E-state index in [1.165, 1.54) is 0 Å². The third kappa shape index (κ3) is 1.08. The third-order valence-electron chi connectivity index (χ3n) is 2.40. The number of nitrogens with zero attached hydrogens (tertiary/aromatic N) is 3. The van der Waals surface area contributed by atoms with Crippen molar-refractivity contribution >= 4 is 12.0 Å². The lowest BCUT2D eigenvalue weighted by molar-refractivity contribution is 0.583. The van der Waals surface area contributed by atoms with Gasteiger partial charge in [-0.05, 0) is 6.07 Å². The summed E-state index contributed by atoms with van der Waals surface area (Å²) in [5, 5.41) is 6.37. The molecule has 1 aromatic carbocycles. The van der Waals surface area contributed by atoms with Crippen molar-refractivity contribution in [2.75, 3.05) is 13.2 Å². The number of fused-ring (bicyclic) bond motifs is 2. The highest BCUT2D eigenvalue weighted by molar-refractivity contribution is 5.88. The minimum absolute atomic E-state index is 0.653. The topological polar surface area (TPSA) is 40.0 Å². The van der Waals surface area contributed by atoms with Gasteiger partial charge >= 0.3 is 0 Å². The minimum Gasteiger partial charge on any atom is -0.313 e. The largest absolute Gasteiger partial charge is 0.313 e. The first-order valence-corrected chi connectivity index (χ1v) is 4.61. The van der Waals surface area contributed by atoms with E-state index in [2.05, 4.69) is 32.7 Å². The lowest BCUT2D eigenvalue weighted by atomic mass is 10.3. The molecule has 0 saturated heterocycles. The molecule has 0 amide bonds. The summed E-state index contributed by atoms with van der Waals surface area (Å²) >= 11 is 0. The quantitative estimate of drug-likeness (QED) is 0.578. The molecule has 4 heteroatoms. The molecular weight excluding hydrogens is 176 g/mol. The van der Waals surface area contributed by atoms with E-state index in [1.54, 1.807) is 0 Å². The van der Waals surface area contributed by atoms with Gasteiger partial charge in [0.15, 0.2) is 5.84 Å². The number of nitrogens with one attached hydrogen (secondary N) is 1. The van der Waals surface area contributed by atoms with Crippen molar-refractivity contribution in [3.8, 4) is 0 Å². The van der Waals surface area contributed by atoms with Gasteiger partial charge in [-0.15, -0.1) is 0 Å². The van der Waals surface area contributed by atoms with Crippen LogP contribution in [-0.4, -0.2) is 23.9 Å². The van der Waals surface area contributed by atoms with Crippen LogP contribution in [0.5, 0.6) is 0 Å². The van der Waals surface area contributed by atoms with Crippen molar-refractivity contribution in [2.45, 2.75) is 0 Å². The van der Waals surface area contributed by atoms with Crippen LogP contribution in [-0.2, 0) is 0 Å². The highest BCUT2D eigenvalue weighted by atomic mass is 15.5. The van der Waals surface area contributed by atoms with E-state index in [0.717, 1.165) is 23.1 Å². The smallest absolute Gasteiger partial charge is 0.152 e. The summed E-state index contributed by atoms with van der Waals surface area (Å²) in [5.74, 6) is 0.987. The molecule has 70 valence electrons. The highest BCUT2D eigenvalue weighted by Crippen LogP contribution is 1.99. The molecule has 0 unspecified atom stereocenters. The molecule has 1 N–H and O–H groups in total. The molecule has 0 fully saturated rings. The van der Waals surface area contributed by atoms with Gasteiger partial charge in [-0.2, -0.15) is 5.10 Å². The van der Waals surface area contributed by atoms with E-state index in [9.17, 15) is 0 Å². The second-order valence-corrected chi connectivity index (χ2v) is 3.32. The molecule has 1 aromatic rings. The van der Waals surface area contributed by atoms with Gasteiger partial charge in [0.05, 0.1) is 11.9 Å². The maximum absolute atomic E-state index is 4.49. The molecule has 3 rings (SSSR count). The van der Waals surface area contributed by atoms with Gasteiger partial charge in [0.1, 0.15) is 6.67 Å². The van der Waals surface area contributed by atoms with Crippen LogP contribution in [0.4, 0.5) is 0 Å². The van der Waals surface area contributed by atoms with Crippen LogP contribution in [0.25, 0.3) is 6.20 Å². The number of benzene rings is 1. The summed E-state index contributed by atoms with van der Waals surface area (Å²) in [7, 11) is 0. The normalized spacial score (nSPS) is 18.0. The van der Waals surface area contributed by atoms with Gasteiger partial charge < -0.3 is 4.90 Å². The van der Waals surface area contributed by atoms with E-state index in [-0.39, 0.29) is 0 Å². The molecule has 4 nitrogen and oxygen atoms in total. The van der Waals surface area contributed by atoms with Gasteiger partial charge in [-0.25, -0.2) is 0 Å². The van der Waals surface area contributed by atoms with E-state index >= 15 is 0 Å². The molecular formula is C10H10N4. The Labute approximate surface area is 81.3 Å². The SMILES string of the molecule is C1=c2ccccc2=NCC2=NNCN12. The average molecular weight is 186 g/mol. The van der Waals surface area contributed by atoms with E-state index in [1.807, 2.05) is 18.2 Å². The molecule has 0 radical (unpaired) electrons. The Morgan fingerprint density at radius 1 is 1.29 bits per heavy atom. The average Bonchev–Trinajstić information content (AvgIpc) is 2.58. The zero-order chi connectivity index (χ0) is 9.38. The molecule has 0 aromatic heterocycles. The first-order valence-electron chi connectivity index (χ1n) is 4.61. The fourth-order valence-electron chi connectivity index (χ4n) is 1.67. The van der Waals surface area contributed by atoms with Gasteiger partial charge in [-0.1, -0.05) is 18.2 Å². The molecule has 0 bridgehead atoms. The third-order valence-corrected chi connectivity index (χ3v) is 2.40. The van der Waals surface area contributed by atoms with Crippen molar-refractivity contribution in [2.24, 2.45) is 10.1 Å². The Morgan fingerprint density at radius 3 is 3.21 bits per heavy atom. The van der Waals surface area contributed by atoms with Crippen molar-refractivity contribution in [3.63, 3.8) is 0 Å². The zero-order valence-corrected chi connectivity index (χ0v) is 7.64. The lowest BCUT2D eigenvalue weighted by Crippen LogP contribution is -2.28. The molecule has 2 aliphatic rings. The molecule has 2 heterocycles. The standard InChI is InChI=1S/C10H10N4/c1-2-4-9-8(3-1)6-14-7-12-13-10(14)5-11-9/h1-4,6,12H,5,7H2. The Bertz CT molecular complexity index is 503. The van der Waals surface area contributed by atoms with Crippen molar-refractivity contribution in [1.82, 2.24) is 10.3 Å². The van der Waals surface area contributed by atoms with Crippen LogP contribution in [0.3, 0.4) is 0 Å². The van der Waals surface area contributed by atoms with E-state index in [0.29, 0.717) is 6.54 Å². The highest BCUT2D eigenvalue weighted by Gasteiger charge is 2.15. The Morgan fingerprint density at radius 2 is 2.21 bits per heavy atom. The van der Waals surface area contributed by atoms with Crippen molar-refractivity contribution < 1.29 is 0 Å². The predicted molar refractivity (Wildman–Crippen MR) is 53.8 cm³/mol. The minimum atomic E-state index is 0.653. The first-order chi connectivity index (χ1) is 6.93. The van der Waals surface area contributed by atoms with Crippen molar-refractivity contribution in [1.29, 1.82) is 0 Å². The second-order valence-electron chi connectivity index (χ2n) is 3.32. The lowest BCUT2D eigenvalue weighted by Gasteiger charge is -2.09. The Hall–Kier alpha value is -1.84. The summed E-state index contributed by atoms with van der Waals surface area (Å²) in [5.41, 5.74) is 2.95. The van der Waals surface area contributed by atoms with Crippen LogP contribution >= 0.6 is 0 Å². The van der Waals surface area contributed by atoms with Crippen LogP contribution in [0.2, 0.25) is 0 Å². The van der Waals surface area contributed by atoms with Crippen LogP contribution < -0.4 is 16.0 Å². The summed E-state index contributed by atoms with van der Waals surface area (Å²) in [6.45, 7) is 1.40. The first kappa shape index (κ1) is 7.55. The fourth-order valence-corrected chi connectivity index (χ4v) is 1.67. The number of rotatable bonds is 0. The number of hydrogen-bond donors (Lipinski definition) is 1. The summed E-state index contributed by atoms with van der Waals surface area (Å²) < 4.78 is 0. The Balaban J connectivity index is 2.25. The Kier molecular flexibility index (Phi) is 1.53. The van der Waals surface area contributed by atoms with Gasteiger partial charge in [0.25, 0.3) is 0 Å². The molecule has 0 atom stereocenters. The van der Waals surface area contributed by atoms with Crippen molar-refractivity contribution in [3.05, 3.63) is 34.8 Å². The van der Waals surface area contributed by atoms with Crippen LogP contribution in [0.15, 0.2) is 34.4 Å². The van der Waals surface area contributed by atoms with Gasteiger partial charge in [-0.3, -0.25) is 10.4 Å². The maximum atomic E-state index is 4.49. The second kappa shape index (κ2) is 2.83. The van der Waals surface area contributed by atoms with Gasteiger partial charge in [0.2, 0.25) is 0 Å². The zero-order valence-electron chi connectivity index (χ0n) is 7.64. The van der Waals surface area contributed by atoms with Crippen LogP contribution in [0.1, 0.15) is 0 Å². The predicted octanol–water partition coefficient (Wildman–Crippen LogP) is -0.766. The molecule has 0 aliphatic carbocycles. The van der Waals surface area contributed by atoms with E-state index < -0.39 is 0 Å². The molecule has 0 saturated carbocycles. The molecule has 0 spiro atoms. The summed E-state index contributed by atoms with van der Waals surface area (Å²) in [6.07, 6.45) is 2.09. The van der Waals surface area contributed by atoms with E-state index in [4.69, 9.17) is 0 Å². The number of hydrogen-bond acceptors (Lipinski definition) is 4. The number of hydrazone groups is 1. The number of para-hydroxylation sites is 1. The monoisotopic (exact) mass is 186 g/mol. The summed E-state index contributed by atoms with van der Waals surface area (Å²) in [6, 6.07) is 8.13.